The molecule has 0 saturated carbocycles. The fraction of sp³-hybridized carbons (Fsp3) is 0.789. The Labute approximate surface area is 151 Å². The predicted molar refractivity (Wildman–Crippen MR) is 100 cm³/mol. The molecule has 2 rings (SSSR count). The van der Waals surface area contributed by atoms with Crippen LogP contribution in [0.15, 0.2) is 0 Å². The summed E-state index contributed by atoms with van der Waals surface area (Å²) in [5, 5.41) is 8.31. The molecule has 1 aromatic rings. The topological polar surface area (TPSA) is 59.4 Å². The average molecular weight is 351 g/mol. The van der Waals surface area contributed by atoms with E-state index in [0.717, 1.165) is 57.6 Å². The molecule has 0 aliphatic heterocycles. The number of ether oxygens (including phenoxy) is 1. The standard InChI is InChI=1S/C19H34N4O2/c1-6-25-11-7-10-20-15-8-9-17-16(12-15)18(19(24)22(4)5)21-23(17)13-14(2)3/h14-15,20H,6-13H2,1-5H3. The number of carbonyl (C=O) groups is 1. The summed E-state index contributed by atoms with van der Waals surface area (Å²) in [5.41, 5.74) is 3.04. The van der Waals surface area contributed by atoms with Crippen LogP contribution in [-0.4, -0.2) is 60.5 Å². The van der Waals surface area contributed by atoms with E-state index in [1.54, 1.807) is 19.0 Å². The van der Waals surface area contributed by atoms with E-state index in [9.17, 15) is 4.79 Å². The van der Waals surface area contributed by atoms with E-state index in [1.165, 1.54) is 5.69 Å². The van der Waals surface area contributed by atoms with Gasteiger partial charge in [0.15, 0.2) is 5.69 Å². The molecule has 6 nitrogen and oxygen atoms in total. The summed E-state index contributed by atoms with van der Waals surface area (Å²) in [7, 11) is 3.59. The van der Waals surface area contributed by atoms with E-state index in [2.05, 4.69) is 28.9 Å². The minimum absolute atomic E-state index is 0.00996. The van der Waals surface area contributed by atoms with Crippen molar-refractivity contribution in [1.82, 2.24) is 20.0 Å². The maximum absolute atomic E-state index is 12.6. The molecule has 1 N–H and O–H groups in total. The lowest BCUT2D eigenvalue weighted by Crippen LogP contribution is -2.36. The van der Waals surface area contributed by atoms with Crippen LogP contribution in [0.4, 0.5) is 0 Å². The van der Waals surface area contributed by atoms with Crippen molar-refractivity contribution in [3.63, 3.8) is 0 Å². The first kappa shape index (κ1) is 19.9. The number of carbonyl (C=O) groups excluding carboxylic acids is 1. The lowest BCUT2D eigenvalue weighted by molar-refractivity contribution is 0.0819. The van der Waals surface area contributed by atoms with Crippen LogP contribution < -0.4 is 5.32 Å². The summed E-state index contributed by atoms with van der Waals surface area (Å²) in [6.07, 6.45) is 3.99. The van der Waals surface area contributed by atoms with Crippen LogP contribution in [0.1, 0.15) is 55.4 Å². The highest BCUT2D eigenvalue weighted by Gasteiger charge is 2.29. The minimum atomic E-state index is 0.00996. The summed E-state index contributed by atoms with van der Waals surface area (Å²) >= 11 is 0. The summed E-state index contributed by atoms with van der Waals surface area (Å²) < 4.78 is 7.46. The second-order valence-corrected chi connectivity index (χ2v) is 7.49. The molecular formula is C19H34N4O2. The fourth-order valence-electron chi connectivity index (χ4n) is 3.37. The van der Waals surface area contributed by atoms with Gasteiger partial charge in [0.25, 0.3) is 5.91 Å². The quantitative estimate of drug-likeness (QED) is 0.693. The van der Waals surface area contributed by atoms with E-state index in [0.29, 0.717) is 17.7 Å². The molecule has 0 aromatic carbocycles. The number of nitrogens with zero attached hydrogens (tertiary/aromatic N) is 3. The Bertz CT molecular complexity index is 566. The van der Waals surface area contributed by atoms with Crippen molar-refractivity contribution in [2.75, 3.05) is 33.9 Å². The van der Waals surface area contributed by atoms with Crippen molar-refractivity contribution in [3.8, 4) is 0 Å². The van der Waals surface area contributed by atoms with Gasteiger partial charge in [0, 0.05) is 51.2 Å². The maximum Gasteiger partial charge on any atom is 0.274 e. The van der Waals surface area contributed by atoms with Crippen LogP contribution in [0.3, 0.4) is 0 Å². The van der Waals surface area contributed by atoms with Gasteiger partial charge in [0.2, 0.25) is 0 Å². The first-order valence-electron chi connectivity index (χ1n) is 9.55. The van der Waals surface area contributed by atoms with Gasteiger partial charge in [-0.1, -0.05) is 13.8 Å². The molecule has 1 atom stereocenters. The number of aromatic nitrogens is 2. The third-order valence-corrected chi connectivity index (χ3v) is 4.60. The normalized spacial score (nSPS) is 17.0. The second-order valence-electron chi connectivity index (χ2n) is 7.49. The van der Waals surface area contributed by atoms with Crippen LogP contribution >= 0.6 is 0 Å². The number of fused-ring (bicyclic) bond motifs is 1. The summed E-state index contributed by atoms with van der Waals surface area (Å²) in [5.74, 6) is 0.525. The van der Waals surface area contributed by atoms with Crippen molar-refractivity contribution in [2.45, 2.75) is 59.0 Å². The van der Waals surface area contributed by atoms with Crippen molar-refractivity contribution >= 4 is 5.91 Å². The van der Waals surface area contributed by atoms with E-state index in [-0.39, 0.29) is 5.91 Å². The third kappa shape index (κ3) is 5.28. The van der Waals surface area contributed by atoms with E-state index in [4.69, 9.17) is 4.74 Å². The molecule has 0 fully saturated rings. The van der Waals surface area contributed by atoms with E-state index >= 15 is 0 Å². The van der Waals surface area contributed by atoms with Crippen molar-refractivity contribution < 1.29 is 9.53 Å². The Morgan fingerprint density at radius 3 is 2.84 bits per heavy atom. The Morgan fingerprint density at radius 1 is 1.44 bits per heavy atom. The molecule has 1 heterocycles. The van der Waals surface area contributed by atoms with E-state index < -0.39 is 0 Å². The molecule has 6 heteroatoms. The molecule has 0 radical (unpaired) electrons. The van der Waals surface area contributed by atoms with Crippen LogP contribution in [-0.2, 0) is 24.1 Å². The molecule has 0 bridgehead atoms. The van der Waals surface area contributed by atoms with E-state index in [1.807, 2.05) is 6.92 Å². The number of amides is 1. The average Bonchev–Trinajstić information content (AvgIpc) is 2.91. The molecular weight excluding hydrogens is 316 g/mol. The minimum Gasteiger partial charge on any atom is -0.382 e. The first-order chi connectivity index (χ1) is 11.9. The van der Waals surface area contributed by atoms with Crippen LogP contribution in [0.2, 0.25) is 0 Å². The Hall–Kier alpha value is -1.40. The Kier molecular flexibility index (Phi) is 7.44. The fourth-order valence-corrected chi connectivity index (χ4v) is 3.37. The number of nitrogens with one attached hydrogen (secondary N) is 1. The van der Waals surface area contributed by atoms with Crippen molar-refractivity contribution in [3.05, 3.63) is 17.0 Å². The molecule has 1 aliphatic rings. The van der Waals surface area contributed by atoms with Gasteiger partial charge < -0.3 is 15.0 Å². The molecule has 1 amide bonds. The summed E-state index contributed by atoms with van der Waals surface area (Å²) in [6.45, 7) is 9.80. The molecule has 0 saturated heterocycles. The van der Waals surface area contributed by atoms with Gasteiger partial charge in [-0.15, -0.1) is 0 Å². The molecule has 1 aliphatic carbocycles. The van der Waals surface area contributed by atoms with Crippen LogP contribution in [0.25, 0.3) is 0 Å². The lowest BCUT2D eigenvalue weighted by atomic mass is 9.91. The number of hydrogen-bond donors (Lipinski definition) is 1. The number of hydrogen-bond acceptors (Lipinski definition) is 4. The molecule has 25 heavy (non-hydrogen) atoms. The van der Waals surface area contributed by atoms with Gasteiger partial charge >= 0.3 is 0 Å². The second kappa shape index (κ2) is 9.34. The Balaban J connectivity index is 2.09. The zero-order valence-electron chi connectivity index (χ0n) is 16.5. The zero-order valence-corrected chi connectivity index (χ0v) is 16.5. The van der Waals surface area contributed by atoms with Gasteiger partial charge in [-0.2, -0.15) is 5.10 Å². The zero-order chi connectivity index (χ0) is 18.4. The monoisotopic (exact) mass is 350 g/mol. The third-order valence-electron chi connectivity index (χ3n) is 4.60. The highest BCUT2D eigenvalue weighted by atomic mass is 16.5. The molecule has 1 unspecified atom stereocenters. The van der Waals surface area contributed by atoms with Crippen LogP contribution in [0.5, 0.6) is 0 Å². The highest BCUT2D eigenvalue weighted by Crippen LogP contribution is 2.26. The van der Waals surface area contributed by atoms with Crippen molar-refractivity contribution in [2.24, 2.45) is 5.92 Å². The van der Waals surface area contributed by atoms with Crippen LogP contribution in [0, 0.1) is 5.92 Å². The smallest absolute Gasteiger partial charge is 0.274 e. The molecule has 1 aromatic heterocycles. The summed E-state index contributed by atoms with van der Waals surface area (Å²) in [6, 6.07) is 0.416. The van der Waals surface area contributed by atoms with Gasteiger partial charge in [0.05, 0.1) is 0 Å². The summed E-state index contributed by atoms with van der Waals surface area (Å²) in [4.78, 5) is 14.2. The van der Waals surface area contributed by atoms with Gasteiger partial charge in [-0.3, -0.25) is 9.48 Å². The lowest BCUT2D eigenvalue weighted by Gasteiger charge is -2.25. The largest absolute Gasteiger partial charge is 0.382 e. The van der Waals surface area contributed by atoms with Gasteiger partial charge in [-0.25, -0.2) is 0 Å². The van der Waals surface area contributed by atoms with Gasteiger partial charge in [0.1, 0.15) is 0 Å². The maximum atomic E-state index is 12.6. The molecule has 0 spiro atoms. The first-order valence-corrected chi connectivity index (χ1v) is 9.55. The predicted octanol–water partition coefficient (Wildman–Crippen LogP) is 2.11. The SMILES string of the molecule is CCOCCCNC1CCc2c(c(C(=O)N(C)C)nn2CC(C)C)C1. The Morgan fingerprint density at radius 2 is 2.20 bits per heavy atom. The van der Waals surface area contributed by atoms with Gasteiger partial charge in [-0.05, 0) is 45.1 Å². The number of rotatable bonds is 9. The highest BCUT2D eigenvalue weighted by molar-refractivity contribution is 5.93. The molecule has 142 valence electrons. The van der Waals surface area contributed by atoms with Crippen molar-refractivity contribution in [1.29, 1.82) is 0 Å².